The molecule has 0 radical (unpaired) electrons. The van der Waals surface area contributed by atoms with E-state index in [2.05, 4.69) is 47.9 Å². The standard InChI is InChI=1S/C21H30N6O/c1-21(2,3)18-11-17(24-25-18)20(28)27-10-7-16-15(13-27)12-22-19(23-16)14-5-8-26(4)9-6-14/h11-12,14H,5-10,13H2,1-4H3,(H,24,25). The van der Waals surface area contributed by atoms with Gasteiger partial charge >= 0.3 is 0 Å². The quantitative estimate of drug-likeness (QED) is 0.863. The van der Waals surface area contributed by atoms with E-state index in [1.165, 1.54) is 0 Å². The van der Waals surface area contributed by atoms with Crippen LogP contribution in [-0.4, -0.2) is 62.6 Å². The van der Waals surface area contributed by atoms with Gasteiger partial charge in [-0.2, -0.15) is 5.10 Å². The van der Waals surface area contributed by atoms with E-state index in [0.717, 1.165) is 55.1 Å². The van der Waals surface area contributed by atoms with Crippen LogP contribution < -0.4 is 0 Å². The van der Waals surface area contributed by atoms with Crippen molar-refractivity contribution in [2.45, 2.75) is 57.9 Å². The third kappa shape index (κ3) is 3.81. The summed E-state index contributed by atoms with van der Waals surface area (Å²) in [5.74, 6) is 1.41. The van der Waals surface area contributed by atoms with E-state index in [1.54, 1.807) is 0 Å². The van der Waals surface area contributed by atoms with Crippen LogP contribution in [-0.2, 0) is 18.4 Å². The fourth-order valence-corrected chi connectivity index (χ4v) is 3.95. The molecule has 7 heteroatoms. The van der Waals surface area contributed by atoms with Crippen LogP contribution in [0.5, 0.6) is 0 Å². The fraction of sp³-hybridized carbons (Fsp3) is 0.619. The van der Waals surface area contributed by atoms with Gasteiger partial charge in [0.05, 0.1) is 5.69 Å². The van der Waals surface area contributed by atoms with Crippen LogP contribution >= 0.6 is 0 Å². The van der Waals surface area contributed by atoms with Gasteiger partial charge in [0.15, 0.2) is 0 Å². The molecule has 2 aliphatic rings. The summed E-state index contributed by atoms with van der Waals surface area (Å²) < 4.78 is 0. The van der Waals surface area contributed by atoms with Gasteiger partial charge in [-0.05, 0) is 39.0 Å². The molecule has 0 bridgehead atoms. The highest BCUT2D eigenvalue weighted by Crippen LogP contribution is 2.27. The van der Waals surface area contributed by atoms with E-state index < -0.39 is 0 Å². The number of hydrogen-bond acceptors (Lipinski definition) is 5. The Kier molecular flexibility index (Phi) is 4.95. The number of fused-ring (bicyclic) bond motifs is 1. The molecule has 2 aromatic heterocycles. The van der Waals surface area contributed by atoms with Crippen molar-refractivity contribution >= 4 is 5.91 Å². The smallest absolute Gasteiger partial charge is 0.274 e. The zero-order valence-corrected chi connectivity index (χ0v) is 17.3. The molecule has 0 aromatic carbocycles. The highest BCUT2D eigenvalue weighted by atomic mass is 16.2. The van der Waals surface area contributed by atoms with E-state index in [1.807, 2.05) is 17.2 Å². The molecule has 0 saturated carbocycles. The number of likely N-dealkylation sites (tertiary alicyclic amines) is 1. The first-order valence-corrected chi connectivity index (χ1v) is 10.2. The number of carbonyl (C=O) groups excluding carboxylic acids is 1. The first-order valence-electron chi connectivity index (χ1n) is 10.2. The van der Waals surface area contributed by atoms with Gasteiger partial charge in [-0.15, -0.1) is 0 Å². The normalized spacial score (nSPS) is 18.9. The third-order valence-corrected chi connectivity index (χ3v) is 5.93. The molecular formula is C21H30N6O. The first-order chi connectivity index (χ1) is 13.3. The van der Waals surface area contributed by atoms with Crippen LogP contribution in [0.3, 0.4) is 0 Å². The van der Waals surface area contributed by atoms with Gasteiger partial charge < -0.3 is 9.80 Å². The van der Waals surface area contributed by atoms with Gasteiger partial charge in [0.1, 0.15) is 11.5 Å². The molecule has 0 unspecified atom stereocenters. The summed E-state index contributed by atoms with van der Waals surface area (Å²) in [4.78, 5) is 26.6. The van der Waals surface area contributed by atoms with Crippen molar-refractivity contribution in [3.63, 3.8) is 0 Å². The average molecular weight is 383 g/mol. The van der Waals surface area contributed by atoms with Crippen molar-refractivity contribution < 1.29 is 4.79 Å². The van der Waals surface area contributed by atoms with Crippen molar-refractivity contribution in [1.82, 2.24) is 30.0 Å². The predicted octanol–water partition coefficient (Wildman–Crippen LogP) is 2.50. The zero-order valence-electron chi connectivity index (χ0n) is 17.3. The van der Waals surface area contributed by atoms with Gasteiger partial charge in [0.25, 0.3) is 5.91 Å². The number of amides is 1. The second-order valence-corrected chi connectivity index (χ2v) is 9.17. The number of piperidine rings is 1. The maximum atomic E-state index is 12.9. The Balaban J connectivity index is 1.46. The van der Waals surface area contributed by atoms with E-state index in [-0.39, 0.29) is 11.3 Å². The Morgan fingerprint density at radius 1 is 1.21 bits per heavy atom. The summed E-state index contributed by atoms with van der Waals surface area (Å²) >= 11 is 0. The maximum Gasteiger partial charge on any atom is 0.274 e. The van der Waals surface area contributed by atoms with Crippen LogP contribution in [0.15, 0.2) is 12.3 Å². The van der Waals surface area contributed by atoms with Gasteiger partial charge in [-0.1, -0.05) is 20.8 Å². The largest absolute Gasteiger partial charge is 0.332 e. The predicted molar refractivity (Wildman–Crippen MR) is 107 cm³/mol. The van der Waals surface area contributed by atoms with Crippen LogP contribution in [0.25, 0.3) is 0 Å². The Bertz CT molecular complexity index is 860. The minimum atomic E-state index is -0.0573. The second-order valence-electron chi connectivity index (χ2n) is 9.17. The first kappa shape index (κ1) is 19.1. The van der Waals surface area contributed by atoms with E-state index in [4.69, 9.17) is 4.98 Å². The van der Waals surface area contributed by atoms with Crippen LogP contribution in [0.2, 0.25) is 0 Å². The topological polar surface area (TPSA) is 78.0 Å². The van der Waals surface area contributed by atoms with Crippen LogP contribution in [0.4, 0.5) is 0 Å². The van der Waals surface area contributed by atoms with E-state index >= 15 is 0 Å². The van der Waals surface area contributed by atoms with Crippen LogP contribution in [0.1, 0.15) is 72.8 Å². The monoisotopic (exact) mass is 382 g/mol. The average Bonchev–Trinajstić information content (AvgIpc) is 3.18. The Hall–Kier alpha value is -2.28. The lowest BCUT2D eigenvalue weighted by Crippen LogP contribution is -2.37. The van der Waals surface area contributed by atoms with Crippen LogP contribution in [0, 0.1) is 0 Å². The Morgan fingerprint density at radius 3 is 2.64 bits per heavy atom. The molecular weight excluding hydrogens is 352 g/mol. The van der Waals surface area contributed by atoms with E-state index in [0.29, 0.717) is 24.7 Å². The minimum absolute atomic E-state index is 0.0307. The molecule has 0 atom stereocenters. The van der Waals surface area contributed by atoms with Gasteiger partial charge in [-0.25, -0.2) is 9.97 Å². The molecule has 0 aliphatic carbocycles. The molecule has 1 saturated heterocycles. The second kappa shape index (κ2) is 7.28. The SMILES string of the molecule is CN1CCC(c2ncc3c(n2)CCN(C(=O)c2cc(C(C)(C)C)[nH]n2)C3)CC1. The lowest BCUT2D eigenvalue weighted by Gasteiger charge is -2.30. The van der Waals surface area contributed by atoms with Crippen molar-refractivity contribution in [3.8, 4) is 0 Å². The Morgan fingerprint density at radius 2 is 1.96 bits per heavy atom. The molecule has 28 heavy (non-hydrogen) atoms. The Labute approximate surface area is 166 Å². The molecule has 1 amide bonds. The third-order valence-electron chi connectivity index (χ3n) is 5.93. The highest BCUT2D eigenvalue weighted by Gasteiger charge is 2.28. The maximum absolute atomic E-state index is 12.9. The van der Waals surface area contributed by atoms with Crippen molar-refractivity contribution in [3.05, 3.63) is 40.7 Å². The number of carbonyl (C=O) groups is 1. The number of hydrogen-bond donors (Lipinski definition) is 1. The molecule has 150 valence electrons. The van der Waals surface area contributed by atoms with Gasteiger partial charge in [-0.3, -0.25) is 9.89 Å². The molecule has 4 heterocycles. The number of rotatable bonds is 2. The number of aromatic amines is 1. The summed E-state index contributed by atoms with van der Waals surface area (Å²) in [6, 6.07) is 1.87. The molecule has 7 nitrogen and oxygen atoms in total. The van der Waals surface area contributed by atoms with Crippen molar-refractivity contribution in [1.29, 1.82) is 0 Å². The summed E-state index contributed by atoms with van der Waals surface area (Å²) in [7, 11) is 2.17. The lowest BCUT2D eigenvalue weighted by atomic mass is 9.92. The number of nitrogens with one attached hydrogen (secondary N) is 1. The summed E-state index contributed by atoms with van der Waals surface area (Å²) in [6.07, 6.45) is 4.95. The number of aromatic nitrogens is 4. The molecule has 2 aromatic rings. The fourth-order valence-electron chi connectivity index (χ4n) is 3.95. The number of nitrogens with zero attached hydrogens (tertiary/aromatic N) is 5. The molecule has 0 spiro atoms. The minimum Gasteiger partial charge on any atom is -0.332 e. The number of H-pyrrole nitrogens is 1. The van der Waals surface area contributed by atoms with Crippen molar-refractivity contribution in [2.24, 2.45) is 0 Å². The van der Waals surface area contributed by atoms with E-state index in [9.17, 15) is 4.79 Å². The summed E-state index contributed by atoms with van der Waals surface area (Å²) in [5.41, 5.74) is 3.56. The zero-order chi connectivity index (χ0) is 19.9. The van der Waals surface area contributed by atoms with Crippen molar-refractivity contribution in [2.75, 3.05) is 26.7 Å². The molecule has 1 fully saturated rings. The summed E-state index contributed by atoms with van der Waals surface area (Å²) in [6.45, 7) is 9.75. The summed E-state index contributed by atoms with van der Waals surface area (Å²) in [5, 5.41) is 7.25. The van der Waals surface area contributed by atoms with Gasteiger partial charge in [0, 0.05) is 48.3 Å². The van der Waals surface area contributed by atoms with Gasteiger partial charge in [0.2, 0.25) is 0 Å². The highest BCUT2D eigenvalue weighted by molar-refractivity contribution is 5.92. The molecule has 2 aliphatic heterocycles. The molecule has 1 N–H and O–H groups in total. The lowest BCUT2D eigenvalue weighted by molar-refractivity contribution is 0.0727. The molecule has 4 rings (SSSR count).